The summed E-state index contributed by atoms with van der Waals surface area (Å²) < 4.78 is 33.8. The van der Waals surface area contributed by atoms with Crippen molar-refractivity contribution in [2.75, 3.05) is 6.61 Å². The summed E-state index contributed by atoms with van der Waals surface area (Å²) in [6, 6.07) is 6.70. The normalized spacial score (nSPS) is 20.4. The first-order chi connectivity index (χ1) is 10.3. The molecule has 1 heterocycles. The number of hydrogen-bond donors (Lipinski definition) is 1. The monoisotopic (exact) mass is 388 g/mol. The molecule has 0 spiro atoms. The fraction of sp³-hybridized carbons (Fsp3) is 0.357. The van der Waals surface area contributed by atoms with Gasteiger partial charge in [-0.2, -0.15) is 13.1 Å². The molecule has 0 radical (unpaired) electrons. The van der Waals surface area contributed by atoms with E-state index in [9.17, 15) is 13.2 Å². The Morgan fingerprint density at radius 3 is 2.82 bits per heavy atom. The topological polar surface area (TPSA) is 75.7 Å². The third-order valence-corrected chi connectivity index (χ3v) is 5.12. The fourth-order valence-electron chi connectivity index (χ4n) is 2.08. The van der Waals surface area contributed by atoms with E-state index in [4.69, 9.17) is 4.74 Å². The van der Waals surface area contributed by atoms with Crippen LogP contribution in [0, 0.1) is 0 Å². The van der Waals surface area contributed by atoms with Crippen LogP contribution in [-0.2, 0) is 26.3 Å². The van der Waals surface area contributed by atoms with Gasteiger partial charge in [0.05, 0.1) is 24.8 Å². The first kappa shape index (κ1) is 17.0. The highest BCUT2D eigenvalue weighted by Gasteiger charge is 2.32. The van der Waals surface area contributed by atoms with Gasteiger partial charge in [0.1, 0.15) is 0 Å². The van der Waals surface area contributed by atoms with Crippen molar-refractivity contribution in [3.05, 3.63) is 46.1 Å². The maximum Gasteiger partial charge on any atom is 0.337 e. The highest BCUT2D eigenvalue weighted by Crippen LogP contribution is 2.21. The lowest BCUT2D eigenvalue weighted by Crippen LogP contribution is -2.48. The molecular weight excluding hydrogens is 372 g/mol. The smallest absolute Gasteiger partial charge is 0.337 e. The van der Waals surface area contributed by atoms with Gasteiger partial charge in [-0.1, -0.05) is 28.1 Å². The van der Waals surface area contributed by atoms with E-state index in [1.54, 1.807) is 13.8 Å². The summed E-state index contributed by atoms with van der Waals surface area (Å²) in [6.45, 7) is 3.68. The summed E-state index contributed by atoms with van der Waals surface area (Å²) in [6.07, 6.45) is 1.34. The summed E-state index contributed by atoms with van der Waals surface area (Å²) in [5.74, 6) is -0.517. The second-order valence-corrected chi connectivity index (χ2v) is 7.40. The van der Waals surface area contributed by atoms with E-state index >= 15 is 0 Å². The van der Waals surface area contributed by atoms with Crippen LogP contribution in [0.15, 0.2) is 40.5 Å². The van der Waals surface area contributed by atoms with Crippen LogP contribution in [0.25, 0.3) is 0 Å². The zero-order valence-corrected chi connectivity index (χ0v) is 14.6. The van der Waals surface area contributed by atoms with Gasteiger partial charge < -0.3 is 4.74 Å². The number of hydrogen-bond acceptors (Lipinski definition) is 4. The Morgan fingerprint density at radius 2 is 2.18 bits per heavy atom. The molecule has 120 valence electrons. The Hall–Kier alpha value is -1.38. The Labute approximate surface area is 138 Å². The molecule has 6 nitrogen and oxygen atoms in total. The van der Waals surface area contributed by atoms with Crippen LogP contribution in [0.4, 0.5) is 0 Å². The summed E-state index contributed by atoms with van der Waals surface area (Å²) in [5.41, 5.74) is 1.08. The lowest BCUT2D eigenvalue weighted by molar-refractivity contribution is -0.138. The molecular formula is C14H17BrN2O4S. The molecule has 0 aliphatic carbocycles. The van der Waals surface area contributed by atoms with Gasteiger partial charge in [-0.05, 0) is 31.5 Å². The number of halogens is 1. The van der Waals surface area contributed by atoms with Crippen LogP contribution in [0.1, 0.15) is 19.4 Å². The van der Waals surface area contributed by atoms with E-state index in [-0.39, 0.29) is 18.7 Å². The van der Waals surface area contributed by atoms with Crippen molar-refractivity contribution in [2.24, 2.45) is 0 Å². The molecule has 1 aromatic carbocycles. The van der Waals surface area contributed by atoms with Crippen LogP contribution in [0.2, 0.25) is 0 Å². The molecule has 8 heteroatoms. The predicted molar refractivity (Wildman–Crippen MR) is 85.9 cm³/mol. The number of carbonyl (C=O) groups is 1. The predicted octanol–water partition coefficient (Wildman–Crippen LogP) is 1.93. The van der Waals surface area contributed by atoms with Crippen LogP contribution < -0.4 is 4.72 Å². The third-order valence-electron chi connectivity index (χ3n) is 3.12. The molecule has 0 saturated carbocycles. The molecule has 1 N–H and O–H groups in total. The van der Waals surface area contributed by atoms with Crippen LogP contribution in [-0.4, -0.2) is 31.3 Å². The highest BCUT2D eigenvalue weighted by atomic mass is 79.9. The number of esters is 1. The fourth-order valence-corrected chi connectivity index (χ4v) is 3.81. The molecule has 0 fully saturated rings. The quantitative estimate of drug-likeness (QED) is 0.799. The molecule has 1 atom stereocenters. The lowest BCUT2D eigenvalue weighted by Gasteiger charge is -2.30. The van der Waals surface area contributed by atoms with Gasteiger partial charge in [0.25, 0.3) is 0 Å². The molecule has 1 aliphatic rings. The average molecular weight is 389 g/mol. The molecule has 1 aliphatic heterocycles. The second-order valence-electron chi connectivity index (χ2n) is 4.82. The minimum Gasteiger partial charge on any atom is -0.463 e. The highest BCUT2D eigenvalue weighted by molar-refractivity contribution is 9.10. The molecule has 22 heavy (non-hydrogen) atoms. The third kappa shape index (κ3) is 3.88. The van der Waals surface area contributed by atoms with Crippen molar-refractivity contribution in [1.29, 1.82) is 0 Å². The van der Waals surface area contributed by atoms with Crippen molar-refractivity contribution in [1.82, 2.24) is 9.03 Å². The van der Waals surface area contributed by atoms with Gasteiger partial charge in [-0.15, -0.1) is 0 Å². The largest absolute Gasteiger partial charge is 0.463 e. The average Bonchev–Trinajstić information content (AvgIpc) is 2.41. The number of nitrogens with zero attached hydrogens (tertiary/aromatic N) is 1. The zero-order chi connectivity index (χ0) is 16.3. The summed E-state index contributed by atoms with van der Waals surface area (Å²) in [5, 5.41) is 0. The Balaban J connectivity index is 2.32. The number of carbonyl (C=O) groups excluding carboxylic acids is 1. The number of ether oxygens (including phenoxy) is 1. The lowest BCUT2D eigenvalue weighted by atomic mass is 10.1. The van der Waals surface area contributed by atoms with Crippen molar-refractivity contribution in [3.63, 3.8) is 0 Å². The molecule has 0 amide bonds. The summed E-state index contributed by atoms with van der Waals surface area (Å²) >= 11 is 3.35. The van der Waals surface area contributed by atoms with Gasteiger partial charge in [-0.25, -0.2) is 4.79 Å². The maximum absolute atomic E-state index is 12.2. The van der Waals surface area contributed by atoms with Crippen molar-refractivity contribution in [3.8, 4) is 0 Å². The van der Waals surface area contributed by atoms with Crippen molar-refractivity contribution >= 4 is 32.1 Å². The molecule has 1 aromatic rings. The minimum atomic E-state index is -3.68. The van der Waals surface area contributed by atoms with Gasteiger partial charge >= 0.3 is 16.2 Å². The molecule has 0 aromatic heterocycles. The number of rotatable bonds is 4. The van der Waals surface area contributed by atoms with Gasteiger partial charge in [0.15, 0.2) is 0 Å². The number of nitrogens with one attached hydrogen (secondary N) is 1. The molecule has 1 unspecified atom stereocenters. The maximum atomic E-state index is 12.2. The van der Waals surface area contributed by atoms with E-state index in [1.165, 1.54) is 6.20 Å². The first-order valence-corrected chi connectivity index (χ1v) is 8.99. The number of benzene rings is 1. The second kappa shape index (κ2) is 6.80. The van der Waals surface area contributed by atoms with Gasteiger partial charge in [0, 0.05) is 10.7 Å². The summed E-state index contributed by atoms with van der Waals surface area (Å²) in [7, 11) is -3.68. The van der Waals surface area contributed by atoms with Gasteiger partial charge in [-0.3, -0.25) is 4.31 Å². The van der Waals surface area contributed by atoms with Crippen LogP contribution in [0.3, 0.4) is 0 Å². The SMILES string of the molecule is CCOC(=O)C1=CN(Cc2cccc(Br)c2)S(=O)(=O)NC1C. The minimum absolute atomic E-state index is 0.129. The Kier molecular flexibility index (Phi) is 5.25. The van der Waals surface area contributed by atoms with Crippen LogP contribution >= 0.6 is 15.9 Å². The summed E-state index contributed by atoms with van der Waals surface area (Å²) in [4.78, 5) is 11.9. The van der Waals surface area contributed by atoms with Crippen LogP contribution in [0.5, 0.6) is 0 Å². The van der Waals surface area contributed by atoms with E-state index in [0.29, 0.717) is 0 Å². The molecule has 0 saturated heterocycles. The molecule has 0 bridgehead atoms. The standard InChI is InChI=1S/C14H17BrN2O4S/c1-3-21-14(18)13-9-17(22(19,20)16-10(13)2)8-11-5-4-6-12(15)7-11/h4-7,9-10,16H,3,8H2,1-2H3. The zero-order valence-electron chi connectivity index (χ0n) is 12.2. The van der Waals surface area contributed by atoms with E-state index in [1.807, 2.05) is 24.3 Å². The van der Waals surface area contributed by atoms with Crippen molar-refractivity contribution in [2.45, 2.75) is 26.4 Å². The molecule has 2 rings (SSSR count). The first-order valence-electron chi connectivity index (χ1n) is 6.76. The van der Waals surface area contributed by atoms with Crippen molar-refractivity contribution < 1.29 is 17.9 Å². The van der Waals surface area contributed by atoms with E-state index < -0.39 is 22.2 Å². The van der Waals surface area contributed by atoms with E-state index in [0.717, 1.165) is 14.3 Å². The van der Waals surface area contributed by atoms with E-state index in [2.05, 4.69) is 20.7 Å². The Bertz CT molecular complexity index is 703. The van der Waals surface area contributed by atoms with Gasteiger partial charge in [0.2, 0.25) is 0 Å². The Morgan fingerprint density at radius 1 is 1.45 bits per heavy atom.